The molecule has 0 saturated heterocycles. The topological polar surface area (TPSA) is 43.8 Å². The molecule has 0 bridgehead atoms. The molecule has 2 N–H and O–H groups in total. The highest BCUT2D eigenvalue weighted by molar-refractivity contribution is 6.30. The maximum atomic E-state index is 5.87. The number of hydrogen-bond donors (Lipinski definition) is 1. The van der Waals surface area contributed by atoms with E-state index in [0.29, 0.717) is 6.04 Å². The molecule has 1 heterocycles. The van der Waals surface area contributed by atoms with Gasteiger partial charge in [-0.2, -0.15) is 0 Å². The van der Waals surface area contributed by atoms with Gasteiger partial charge in [0.2, 0.25) is 0 Å². The van der Waals surface area contributed by atoms with E-state index in [1.165, 1.54) is 0 Å². The van der Waals surface area contributed by atoms with Gasteiger partial charge in [-0.05, 0) is 24.1 Å². The zero-order valence-electron chi connectivity index (χ0n) is 8.68. The van der Waals surface area contributed by atoms with Crippen molar-refractivity contribution in [2.24, 2.45) is 5.73 Å². The Morgan fingerprint density at radius 3 is 2.62 bits per heavy atom. The van der Waals surface area contributed by atoms with Gasteiger partial charge in [0.1, 0.15) is 0 Å². The molecule has 0 amide bonds. The Balaban J connectivity index is 2.00. The van der Waals surface area contributed by atoms with Gasteiger partial charge in [0.05, 0.1) is 24.3 Å². The first kappa shape index (κ1) is 9.87. The summed E-state index contributed by atoms with van der Waals surface area (Å²) in [4.78, 5) is 4.19. The lowest BCUT2D eigenvalue weighted by atomic mass is 10.2. The molecular formula is C12H12ClN3. The van der Waals surface area contributed by atoms with Gasteiger partial charge in [-0.1, -0.05) is 23.7 Å². The number of nitrogens with zero attached hydrogens (tertiary/aromatic N) is 2. The first-order chi connectivity index (χ1) is 7.75. The summed E-state index contributed by atoms with van der Waals surface area (Å²) in [6, 6.07) is 8.48. The minimum Gasteiger partial charge on any atom is -0.326 e. The van der Waals surface area contributed by atoms with Gasteiger partial charge in [-0.15, -0.1) is 0 Å². The second-order valence-corrected chi connectivity index (χ2v) is 4.60. The van der Waals surface area contributed by atoms with Crippen molar-refractivity contribution in [2.75, 3.05) is 0 Å². The number of imidazole rings is 1. The third kappa shape index (κ3) is 1.62. The molecule has 16 heavy (non-hydrogen) atoms. The molecular weight excluding hydrogens is 222 g/mol. The molecule has 3 nitrogen and oxygen atoms in total. The van der Waals surface area contributed by atoms with Crippen molar-refractivity contribution < 1.29 is 0 Å². The predicted octanol–water partition coefficient (Wildman–Crippen LogP) is 2.48. The van der Waals surface area contributed by atoms with E-state index in [0.717, 1.165) is 22.7 Å². The Morgan fingerprint density at radius 2 is 2.00 bits per heavy atom. The van der Waals surface area contributed by atoms with Gasteiger partial charge in [0.25, 0.3) is 0 Å². The summed E-state index contributed by atoms with van der Waals surface area (Å²) in [6.45, 7) is 0. The van der Waals surface area contributed by atoms with Crippen molar-refractivity contribution in [3.05, 3.63) is 41.8 Å². The summed E-state index contributed by atoms with van der Waals surface area (Å²) < 4.78 is 2.15. The second-order valence-electron chi connectivity index (χ2n) is 4.16. The number of benzene rings is 1. The van der Waals surface area contributed by atoms with E-state index in [2.05, 4.69) is 9.55 Å². The Morgan fingerprint density at radius 1 is 1.31 bits per heavy atom. The summed E-state index contributed by atoms with van der Waals surface area (Å²) in [6.07, 6.45) is 4.76. The lowest BCUT2D eigenvalue weighted by Crippen LogP contribution is -2.06. The molecule has 82 valence electrons. The third-order valence-corrected chi connectivity index (χ3v) is 3.22. The molecule has 1 aromatic carbocycles. The average molecular weight is 234 g/mol. The Kier molecular flexibility index (Phi) is 2.23. The molecule has 4 heteroatoms. The maximum Gasteiger partial charge on any atom is 0.0954 e. The Bertz CT molecular complexity index is 503. The average Bonchev–Trinajstić information content (AvgIpc) is 2.82. The molecule has 0 radical (unpaired) electrons. The van der Waals surface area contributed by atoms with Crippen LogP contribution in [0.15, 0.2) is 36.8 Å². The first-order valence-electron chi connectivity index (χ1n) is 5.29. The summed E-state index contributed by atoms with van der Waals surface area (Å²) in [7, 11) is 0. The van der Waals surface area contributed by atoms with Crippen LogP contribution >= 0.6 is 11.6 Å². The fourth-order valence-electron chi connectivity index (χ4n) is 1.93. The van der Waals surface area contributed by atoms with Crippen molar-refractivity contribution in [3.8, 4) is 11.3 Å². The monoisotopic (exact) mass is 233 g/mol. The molecule has 0 spiro atoms. The third-order valence-electron chi connectivity index (χ3n) is 2.97. The van der Waals surface area contributed by atoms with Crippen LogP contribution in [-0.4, -0.2) is 15.6 Å². The van der Waals surface area contributed by atoms with Crippen LogP contribution < -0.4 is 5.73 Å². The van der Waals surface area contributed by atoms with Gasteiger partial charge in [0, 0.05) is 11.1 Å². The molecule has 2 aromatic rings. The highest BCUT2D eigenvalue weighted by Crippen LogP contribution is 2.37. The van der Waals surface area contributed by atoms with Crippen LogP contribution in [0.25, 0.3) is 11.3 Å². The van der Waals surface area contributed by atoms with Crippen molar-refractivity contribution >= 4 is 11.6 Å². The van der Waals surface area contributed by atoms with Crippen LogP contribution in [0.2, 0.25) is 5.02 Å². The summed E-state index contributed by atoms with van der Waals surface area (Å²) >= 11 is 5.87. The standard InChI is InChI=1S/C12H12ClN3/c13-9-3-1-8(2-4-9)12-6-15-7-16(12)11-5-10(11)14/h1-4,6-7,10-11H,5,14H2. The SMILES string of the molecule is NC1CC1n1cncc1-c1ccc(Cl)cc1. The van der Waals surface area contributed by atoms with Crippen molar-refractivity contribution in [1.29, 1.82) is 0 Å². The van der Waals surface area contributed by atoms with Crippen LogP contribution in [0.4, 0.5) is 0 Å². The van der Waals surface area contributed by atoms with E-state index in [9.17, 15) is 0 Å². The van der Waals surface area contributed by atoms with Crippen LogP contribution in [0.3, 0.4) is 0 Å². The largest absolute Gasteiger partial charge is 0.326 e. The van der Waals surface area contributed by atoms with E-state index in [-0.39, 0.29) is 6.04 Å². The fraction of sp³-hybridized carbons (Fsp3) is 0.250. The van der Waals surface area contributed by atoms with Crippen LogP contribution in [0.5, 0.6) is 0 Å². The minimum atomic E-state index is 0.278. The van der Waals surface area contributed by atoms with E-state index >= 15 is 0 Å². The first-order valence-corrected chi connectivity index (χ1v) is 5.67. The zero-order chi connectivity index (χ0) is 11.1. The zero-order valence-corrected chi connectivity index (χ0v) is 9.43. The molecule has 2 unspecified atom stereocenters. The van der Waals surface area contributed by atoms with Gasteiger partial charge < -0.3 is 10.3 Å². The second kappa shape index (κ2) is 3.61. The van der Waals surface area contributed by atoms with Gasteiger partial charge in [0.15, 0.2) is 0 Å². The molecule has 0 aliphatic heterocycles. The lowest BCUT2D eigenvalue weighted by Gasteiger charge is -2.06. The number of hydrogen-bond acceptors (Lipinski definition) is 2. The highest BCUT2D eigenvalue weighted by Gasteiger charge is 2.36. The Labute approximate surface area is 98.9 Å². The van der Waals surface area contributed by atoms with Crippen LogP contribution in [0, 0.1) is 0 Å². The summed E-state index contributed by atoms with van der Waals surface area (Å²) in [5.41, 5.74) is 8.09. The van der Waals surface area contributed by atoms with Gasteiger partial charge >= 0.3 is 0 Å². The van der Waals surface area contributed by atoms with E-state index in [1.807, 2.05) is 36.8 Å². The van der Waals surface area contributed by atoms with Crippen LogP contribution in [-0.2, 0) is 0 Å². The summed E-state index contributed by atoms with van der Waals surface area (Å²) in [5, 5.41) is 0.748. The van der Waals surface area contributed by atoms with Crippen molar-refractivity contribution in [2.45, 2.75) is 18.5 Å². The van der Waals surface area contributed by atoms with E-state index in [1.54, 1.807) is 0 Å². The fourth-order valence-corrected chi connectivity index (χ4v) is 2.06. The van der Waals surface area contributed by atoms with E-state index < -0.39 is 0 Å². The molecule has 1 aliphatic rings. The number of halogens is 1. The number of aromatic nitrogens is 2. The number of nitrogens with two attached hydrogens (primary N) is 1. The quantitative estimate of drug-likeness (QED) is 0.866. The van der Waals surface area contributed by atoms with Crippen molar-refractivity contribution in [1.82, 2.24) is 9.55 Å². The lowest BCUT2D eigenvalue weighted by molar-refractivity contribution is 0.718. The molecule has 3 rings (SSSR count). The molecule has 2 atom stereocenters. The molecule has 1 aromatic heterocycles. The van der Waals surface area contributed by atoms with Gasteiger partial charge in [-0.3, -0.25) is 0 Å². The van der Waals surface area contributed by atoms with Crippen molar-refractivity contribution in [3.63, 3.8) is 0 Å². The summed E-state index contributed by atoms with van der Waals surface area (Å²) in [5.74, 6) is 0. The normalized spacial score (nSPS) is 23.4. The minimum absolute atomic E-state index is 0.278. The molecule has 1 aliphatic carbocycles. The predicted molar refractivity (Wildman–Crippen MR) is 64.3 cm³/mol. The smallest absolute Gasteiger partial charge is 0.0954 e. The Hall–Kier alpha value is -1.32. The maximum absolute atomic E-state index is 5.87. The van der Waals surface area contributed by atoms with Crippen LogP contribution in [0.1, 0.15) is 12.5 Å². The van der Waals surface area contributed by atoms with E-state index in [4.69, 9.17) is 17.3 Å². The molecule has 1 fully saturated rings. The molecule has 1 saturated carbocycles. The van der Waals surface area contributed by atoms with Gasteiger partial charge in [-0.25, -0.2) is 4.98 Å². The number of rotatable bonds is 2. The highest BCUT2D eigenvalue weighted by atomic mass is 35.5.